The molecule has 1 heterocycles. The molecule has 0 fully saturated rings. The van der Waals surface area contributed by atoms with E-state index >= 15 is 0 Å². The first-order valence-corrected chi connectivity index (χ1v) is 8.29. The van der Waals surface area contributed by atoms with Crippen molar-refractivity contribution in [1.82, 2.24) is 5.32 Å². The van der Waals surface area contributed by atoms with Crippen LogP contribution in [0, 0.1) is 12.7 Å². The number of thiophene rings is 1. The molecule has 0 aliphatic rings. The van der Waals surface area contributed by atoms with Gasteiger partial charge in [-0.3, -0.25) is 0 Å². The van der Waals surface area contributed by atoms with E-state index in [0.717, 1.165) is 18.7 Å². The van der Waals surface area contributed by atoms with E-state index < -0.39 is 0 Å². The number of nitrogens with one attached hydrogen (secondary N) is 1. The van der Waals surface area contributed by atoms with Crippen LogP contribution in [0.15, 0.2) is 26.5 Å². The fraction of sp³-hybridized carbons (Fsp3) is 0.231. The van der Waals surface area contributed by atoms with Crippen molar-refractivity contribution in [2.75, 3.05) is 7.05 Å². The topological polar surface area (TPSA) is 12.0 Å². The summed E-state index contributed by atoms with van der Waals surface area (Å²) in [4.78, 5) is 1.11. The minimum atomic E-state index is -0.280. The second-order valence-electron chi connectivity index (χ2n) is 4.12. The highest BCUT2D eigenvalue weighted by Crippen LogP contribution is 2.39. The van der Waals surface area contributed by atoms with Crippen molar-refractivity contribution >= 4 is 54.8 Å². The Kier molecular flexibility index (Phi) is 5.06. The molecule has 0 saturated heterocycles. The van der Waals surface area contributed by atoms with Crippen LogP contribution in [0.25, 0.3) is 0 Å². The van der Waals surface area contributed by atoms with Gasteiger partial charge in [-0.1, -0.05) is 11.6 Å². The Balaban J connectivity index is 2.50. The monoisotopic (exact) mass is 425 g/mol. The van der Waals surface area contributed by atoms with Crippen LogP contribution in [-0.2, 0) is 0 Å². The average Bonchev–Trinajstić information content (AvgIpc) is 2.67. The lowest BCUT2D eigenvalue weighted by atomic mass is 10.0. The first-order valence-electron chi connectivity index (χ1n) is 5.51. The molecule has 1 N–H and O–H groups in total. The molecule has 1 aromatic carbocycles. The Hall–Kier alpha value is 0.0600. The second-order valence-corrected chi connectivity index (χ2v) is 7.78. The molecule has 0 spiro atoms. The van der Waals surface area contributed by atoms with Crippen LogP contribution in [0.1, 0.15) is 22.0 Å². The standard InChI is InChI=1S/C13H11Br2ClFNS/c1-6-3-7(9(16)5-10(6)17)12(18-2)11-4-8(14)13(15)19-11/h3-5,12,18H,1-2H3. The Morgan fingerprint density at radius 3 is 2.53 bits per heavy atom. The maximum Gasteiger partial charge on any atom is 0.127 e. The predicted octanol–water partition coefficient (Wildman–Crippen LogP) is 5.68. The van der Waals surface area contributed by atoms with Crippen LogP contribution in [0.3, 0.4) is 0 Å². The van der Waals surface area contributed by atoms with Gasteiger partial charge in [0.2, 0.25) is 0 Å². The number of halogens is 4. The van der Waals surface area contributed by atoms with Crippen molar-refractivity contribution in [3.63, 3.8) is 0 Å². The Morgan fingerprint density at radius 1 is 1.32 bits per heavy atom. The molecule has 2 aromatic rings. The van der Waals surface area contributed by atoms with E-state index in [2.05, 4.69) is 37.2 Å². The average molecular weight is 428 g/mol. The van der Waals surface area contributed by atoms with Crippen LogP contribution >= 0.6 is 54.8 Å². The van der Waals surface area contributed by atoms with Crippen molar-refractivity contribution < 1.29 is 4.39 Å². The lowest BCUT2D eigenvalue weighted by Gasteiger charge is -2.17. The summed E-state index contributed by atoms with van der Waals surface area (Å²) in [6.07, 6.45) is 0. The van der Waals surface area contributed by atoms with Crippen molar-refractivity contribution in [3.05, 3.63) is 53.3 Å². The maximum atomic E-state index is 13.5. The number of aryl methyl sites for hydroxylation is 1. The zero-order chi connectivity index (χ0) is 14.2. The van der Waals surface area contributed by atoms with Crippen LogP contribution in [0.5, 0.6) is 0 Å². The van der Waals surface area contributed by atoms with Crippen molar-refractivity contribution in [1.29, 1.82) is 0 Å². The summed E-state index contributed by atoms with van der Waals surface area (Å²) in [6, 6.07) is 5.14. The van der Waals surface area contributed by atoms with Gasteiger partial charge in [-0.05, 0) is 75.2 Å². The molecule has 1 atom stereocenters. The van der Waals surface area contributed by atoms with Gasteiger partial charge in [0.15, 0.2) is 0 Å². The van der Waals surface area contributed by atoms with Crippen LogP contribution in [-0.4, -0.2) is 7.05 Å². The molecule has 0 radical (unpaired) electrons. The highest BCUT2D eigenvalue weighted by Gasteiger charge is 2.20. The predicted molar refractivity (Wildman–Crippen MR) is 86.8 cm³/mol. The van der Waals surface area contributed by atoms with E-state index in [-0.39, 0.29) is 11.9 Å². The van der Waals surface area contributed by atoms with Crippen molar-refractivity contribution in [2.24, 2.45) is 0 Å². The van der Waals surface area contributed by atoms with E-state index in [9.17, 15) is 4.39 Å². The molecule has 0 amide bonds. The number of rotatable bonds is 3. The zero-order valence-corrected chi connectivity index (χ0v) is 15.0. The summed E-state index contributed by atoms with van der Waals surface area (Å²) < 4.78 is 15.5. The largest absolute Gasteiger partial charge is 0.309 e. The lowest BCUT2D eigenvalue weighted by Crippen LogP contribution is -2.17. The molecular weight excluding hydrogens is 416 g/mol. The van der Waals surface area contributed by atoms with Crippen molar-refractivity contribution in [3.8, 4) is 0 Å². The van der Waals surface area contributed by atoms with E-state index in [0.29, 0.717) is 10.6 Å². The summed E-state index contributed by atoms with van der Waals surface area (Å²) >= 11 is 14.7. The van der Waals surface area contributed by atoms with Crippen LogP contribution in [0.4, 0.5) is 4.39 Å². The Bertz CT molecular complexity index is 595. The first-order chi connectivity index (χ1) is 8.93. The third-order valence-electron chi connectivity index (χ3n) is 2.83. The molecular formula is C13H11Br2ClFNS. The SMILES string of the molecule is CNC(c1cc(Br)c(Br)s1)c1cc(C)c(F)cc1Cl. The highest BCUT2D eigenvalue weighted by molar-refractivity contribution is 9.13. The summed E-state index contributed by atoms with van der Waals surface area (Å²) in [7, 11) is 1.86. The summed E-state index contributed by atoms with van der Waals surface area (Å²) in [5.41, 5.74) is 1.47. The molecule has 0 aliphatic heterocycles. The molecule has 19 heavy (non-hydrogen) atoms. The number of hydrogen-bond donors (Lipinski definition) is 1. The van der Waals surface area contributed by atoms with Crippen LogP contribution < -0.4 is 5.32 Å². The van der Waals surface area contributed by atoms with Crippen LogP contribution in [0.2, 0.25) is 5.02 Å². The van der Waals surface area contributed by atoms with Gasteiger partial charge in [0, 0.05) is 14.4 Å². The maximum absolute atomic E-state index is 13.5. The third kappa shape index (κ3) is 3.22. The molecule has 0 saturated carbocycles. The molecule has 2 rings (SSSR count). The second kappa shape index (κ2) is 6.22. The first kappa shape index (κ1) is 15.4. The third-order valence-corrected chi connectivity index (χ3v) is 6.47. The van der Waals surface area contributed by atoms with Crippen molar-refractivity contribution in [2.45, 2.75) is 13.0 Å². The molecule has 1 aromatic heterocycles. The molecule has 1 unspecified atom stereocenters. The molecule has 0 aliphatic carbocycles. The van der Waals surface area contributed by atoms with Gasteiger partial charge in [0.05, 0.1) is 9.83 Å². The Morgan fingerprint density at radius 2 is 2.00 bits per heavy atom. The van der Waals surface area contributed by atoms with Gasteiger partial charge >= 0.3 is 0 Å². The van der Waals surface area contributed by atoms with E-state index in [4.69, 9.17) is 11.6 Å². The highest BCUT2D eigenvalue weighted by atomic mass is 79.9. The molecule has 1 nitrogen and oxygen atoms in total. The number of benzene rings is 1. The van der Waals surface area contributed by atoms with E-state index in [1.165, 1.54) is 6.07 Å². The number of hydrogen-bond acceptors (Lipinski definition) is 2. The minimum absolute atomic E-state index is 0.0561. The molecule has 0 bridgehead atoms. The summed E-state index contributed by atoms with van der Waals surface area (Å²) in [6.45, 7) is 1.74. The van der Waals surface area contributed by atoms with Gasteiger partial charge in [0.1, 0.15) is 5.82 Å². The fourth-order valence-electron chi connectivity index (χ4n) is 1.86. The summed E-state index contributed by atoms with van der Waals surface area (Å²) in [5, 5.41) is 3.66. The normalized spacial score (nSPS) is 12.7. The summed E-state index contributed by atoms with van der Waals surface area (Å²) in [5.74, 6) is -0.280. The van der Waals surface area contributed by atoms with E-state index in [1.54, 1.807) is 24.3 Å². The Labute approximate surface area is 137 Å². The smallest absolute Gasteiger partial charge is 0.127 e. The van der Waals surface area contributed by atoms with E-state index in [1.807, 2.05) is 13.1 Å². The quantitative estimate of drug-likeness (QED) is 0.664. The van der Waals surface area contributed by atoms with Gasteiger partial charge < -0.3 is 5.32 Å². The zero-order valence-electron chi connectivity index (χ0n) is 10.2. The lowest BCUT2D eigenvalue weighted by molar-refractivity contribution is 0.614. The van der Waals surface area contributed by atoms with Gasteiger partial charge in [0.25, 0.3) is 0 Å². The van der Waals surface area contributed by atoms with Gasteiger partial charge in [-0.2, -0.15) is 0 Å². The van der Waals surface area contributed by atoms with Gasteiger partial charge in [-0.15, -0.1) is 11.3 Å². The molecule has 102 valence electrons. The fourth-order valence-corrected chi connectivity index (χ4v) is 4.34. The molecule has 6 heteroatoms. The minimum Gasteiger partial charge on any atom is -0.309 e. The van der Waals surface area contributed by atoms with Gasteiger partial charge in [-0.25, -0.2) is 4.39 Å².